The van der Waals surface area contributed by atoms with Crippen LogP contribution >= 0.6 is 0 Å². The van der Waals surface area contributed by atoms with Crippen LogP contribution in [0.3, 0.4) is 0 Å². The van der Waals surface area contributed by atoms with Gasteiger partial charge in [-0.3, -0.25) is 14.7 Å². The van der Waals surface area contributed by atoms with Crippen LogP contribution in [0.2, 0.25) is 0 Å². The highest BCUT2D eigenvalue weighted by atomic mass is 32.2. The van der Waals surface area contributed by atoms with E-state index in [9.17, 15) is 13.2 Å². The maximum Gasteiger partial charge on any atom is 0.335 e. The molecule has 0 bridgehead atoms. The van der Waals surface area contributed by atoms with Gasteiger partial charge in [-0.1, -0.05) is 30.3 Å². The monoisotopic (exact) mass is 392 g/mol. The summed E-state index contributed by atoms with van der Waals surface area (Å²) in [6, 6.07) is 13.3. The molecule has 140 valence electrons. The van der Waals surface area contributed by atoms with Crippen molar-refractivity contribution < 1.29 is 13.2 Å². The average molecular weight is 392 g/mol. The summed E-state index contributed by atoms with van der Waals surface area (Å²) in [6.07, 6.45) is 3.67. The summed E-state index contributed by atoms with van der Waals surface area (Å²) in [6.45, 7) is 7.70. The number of carbonyl (C=O) groups excluding carboxylic acids is 1. The van der Waals surface area contributed by atoms with Gasteiger partial charge in [0.15, 0.2) is 9.84 Å². The van der Waals surface area contributed by atoms with Crippen LogP contribution in [0.5, 0.6) is 0 Å². The number of rotatable bonds is 3. The summed E-state index contributed by atoms with van der Waals surface area (Å²) in [5.41, 5.74) is 1.00. The molecule has 3 aromatic rings. The van der Waals surface area contributed by atoms with E-state index >= 15 is 0 Å². The average Bonchev–Trinajstić information content (AvgIpc) is 3.03. The lowest BCUT2D eigenvalue weighted by atomic mass is 10.1. The number of urea groups is 1. The summed E-state index contributed by atoms with van der Waals surface area (Å²) in [7, 11) is -3.41. The van der Waals surface area contributed by atoms with Crippen molar-refractivity contribution in [2.24, 2.45) is 0 Å². The molecule has 2 heterocycles. The number of nitrogens with zero attached hydrogens (tertiary/aromatic N) is 4. The van der Waals surface area contributed by atoms with Crippen LogP contribution in [0.25, 0.3) is 15.6 Å². The maximum absolute atomic E-state index is 13.2. The van der Waals surface area contributed by atoms with Crippen molar-refractivity contribution in [3.8, 4) is 0 Å². The van der Waals surface area contributed by atoms with Crippen molar-refractivity contribution in [2.45, 2.75) is 11.1 Å². The molecule has 28 heavy (non-hydrogen) atoms. The zero-order valence-corrected chi connectivity index (χ0v) is 15.8. The molecular formula is C20H16N4O3S. The lowest BCUT2D eigenvalue weighted by molar-refractivity contribution is 0.255. The molecule has 2 aromatic carbocycles. The SMILES string of the molecule is [C-]#[N+][C@H]1CN(c2cccc(S(C)(=O)=O)c2)C(=O)N1c1cncc2ccccc12. The first-order chi connectivity index (χ1) is 13.4. The van der Waals surface area contributed by atoms with Crippen molar-refractivity contribution in [1.29, 1.82) is 0 Å². The molecule has 0 unspecified atom stereocenters. The number of hydrogen-bond acceptors (Lipinski definition) is 4. The van der Waals surface area contributed by atoms with E-state index in [0.717, 1.165) is 17.0 Å². The number of sulfone groups is 1. The minimum atomic E-state index is -3.41. The van der Waals surface area contributed by atoms with Crippen LogP contribution in [0.4, 0.5) is 16.2 Å². The second kappa shape index (κ2) is 6.62. The molecule has 0 aliphatic carbocycles. The lowest BCUT2D eigenvalue weighted by Gasteiger charge is -2.19. The summed E-state index contributed by atoms with van der Waals surface area (Å²) in [4.78, 5) is 24.0. The van der Waals surface area contributed by atoms with Gasteiger partial charge < -0.3 is 0 Å². The number of pyridine rings is 1. The van der Waals surface area contributed by atoms with Crippen LogP contribution < -0.4 is 9.80 Å². The topological polar surface area (TPSA) is 74.9 Å². The van der Waals surface area contributed by atoms with Gasteiger partial charge in [0.25, 0.3) is 0 Å². The highest BCUT2D eigenvalue weighted by Gasteiger charge is 2.44. The molecule has 0 saturated carbocycles. The highest BCUT2D eigenvalue weighted by molar-refractivity contribution is 7.90. The molecule has 4 rings (SSSR count). The molecule has 2 amide bonds. The number of fused-ring (bicyclic) bond motifs is 1. The molecular weight excluding hydrogens is 376 g/mol. The Morgan fingerprint density at radius 3 is 2.68 bits per heavy atom. The largest absolute Gasteiger partial charge is 0.335 e. The third kappa shape index (κ3) is 2.96. The van der Waals surface area contributed by atoms with E-state index in [2.05, 4.69) is 9.83 Å². The van der Waals surface area contributed by atoms with E-state index in [1.807, 2.05) is 24.3 Å². The van der Waals surface area contributed by atoms with Gasteiger partial charge in [-0.15, -0.1) is 0 Å². The predicted octanol–water partition coefficient (Wildman–Crippen LogP) is 3.33. The van der Waals surface area contributed by atoms with E-state index in [0.29, 0.717) is 11.4 Å². The van der Waals surface area contributed by atoms with Crippen molar-refractivity contribution in [1.82, 2.24) is 4.98 Å². The van der Waals surface area contributed by atoms with Gasteiger partial charge in [-0.05, 0) is 18.2 Å². The van der Waals surface area contributed by atoms with E-state index in [1.165, 1.54) is 21.9 Å². The summed E-state index contributed by atoms with van der Waals surface area (Å²) >= 11 is 0. The van der Waals surface area contributed by atoms with Gasteiger partial charge in [-0.25, -0.2) is 24.7 Å². The zero-order valence-electron chi connectivity index (χ0n) is 15.0. The first kappa shape index (κ1) is 17.9. The Kier molecular flexibility index (Phi) is 4.24. The summed E-state index contributed by atoms with van der Waals surface area (Å²) < 4.78 is 23.7. The van der Waals surface area contributed by atoms with Gasteiger partial charge >= 0.3 is 12.2 Å². The van der Waals surface area contributed by atoms with Gasteiger partial charge in [0.2, 0.25) is 0 Å². The van der Waals surface area contributed by atoms with Crippen LogP contribution in [0.1, 0.15) is 0 Å². The van der Waals surface area contributed by atoms with E-state index in [1.54, 1.807) is 24.5 Å². The first-order valence-corrected chi connectivity index (χ1v) is 10.4. The molecule has 8 heteroatoms. The van der Waals surface area contributed by atoms with Gasteiger partial charge in [0.1, 0.15) is 6.54 Å². The van der Waals surface area contributed by atoms with Crippen molar-refractivity contribution in [3.05, 3.63) is 72.3 Å². The van der Waals surface area contributed by atoms with Crippen LogP contribution in [0.15, 0.2) is 65.8 Å². The van der Waals surface area contributed by atoms with Gasteiger partial charge in [0.05, 0.1) is 16.8 Å². The summed E-state index contributed by atoms with van der Waals surface area (Å²) in [5.74, 6) is 0. The molecule has 1 fully saturated rings. The molecule has 1 saturated heterocycles. The predicted molar refractivity (Wildman–Crippen MR) is 107 cm³/mol. The Balaban J connectivity index is 1.80. The van der Waals surface area contributed by atoms with Crippen LogP contribution in [0, 0.1) is 6.57 Å². The minimum Gasteiger partial charge on any atom is -0.287 e. The molecule has 1 atom stereocenters. The Bertz CT molecular complexity index is 1230. The smallest absolute Gasteiger partial charge is 0.287 e. The Morgan fingerprint density at radius 1 is 1.14 bits per heavy atom. The number of aromatic nitrogens is 1. The molecule has 0 N–H and O–H groups in total. The molecule has 1 aliphatic rings. The number of benzene rings is 2. The summed E-state index contributed by atoms with van der Waals surface area (Å²) in [5, 5.41) is 1.69. The number of anilines is 2. The van der Waals surface area contributed by atoms with Gasteiger partial charge in [-0.2, -0.15) is 0 Å². The third-order valence-electron chi connectivity index (χ3n) is 4.69. The second-order valence-electron chi connectivity index (χ2n) is 6.52. The fourth-order valence-electron chi connectivity index (χ4n) is 3.33. The number of carbonyl (C=O) groups is 1. The van der Waals surface area contributed by atoms with Crippen LogP contribution in [-0.2, 0) is 9.84 Å². The minimum absolute atomic E-state index is 0.127. The molecule has 0 radical (unpaired) electrons. The standard InChI is InChI=1S/C20H16N4O3S/c1-21-19-13-23(15-7-5-8-16(10-15)28(2,26)27)20(25)24(19)18-12-22-11-14-6-3-4-9-17(14)18/h3-12,19H,13H2,2H3/t19-/m1/s1. The van der Waals surface area contributed by atoms with E-state index in [4.69, 9.17) is 6.57 Å². The van der Waals surface area contributed by atoms with Crippen LogP contribution in [-0.4, -0.2) is 38.4 Å². The fraction of sp³-hybridized carbons (Fsp3) is 0.150. The molecule has 0 spiro atoms. The van der Waals surface area contributed by atoms with Crippen molar-refractivity contribution in [3.63, 3.8) is 0 Å². The quantitative estimate of drug-likeness (QED) is 0.641. The fourth-order valence-corrected chi connectivity index (χ4v) is 3.99. The first-order valence-electron chi connectivity index (χ1n) is 8.50. The maximum atomic E-state index is 13.2. The second-order valence-corrected chi connectivity index (χ2v) is 8.54. The lowest BCUT2D eigenvalue weighted by Crippen LogP contribution is -2.34. The number of hydrogen-bond donors (Lipinski definition) is 0. The normalized spacial score (nSPS) is 17.1. The Labute approximate surface area is 162 Å². The third-order valence-corrected chi connectivity index (χ3v) is 5.80. The van der Waals surface area contributed by atoms with Gasteiger partial charge in [0, 0.05) is 28.9 Å². The van der Waals surface area contributed by atoms with E-state index in [-0.39, 0.29) is 17.5 Å². The zero-order chi connectivity index (χ0) is 19.9. The molecule has 1 aromatic heterocycles. The van der Waals surface area contributed by atoms with E-state index < -0.39 is 16.0 Å². The van der Waals surface area contributed by atoms with Crippen molar-refractivity contribution >= 4 is 38.0 Å². The van der Waals surface area contributed by atoms with Crippen molar-refractivity contribution in [2.75, 3.05) is 22.6 Å². The Hall–Kier alpha value is -3.44. The Morgan fingerprint density at radius 2 is 1.93 bits per heavy atom. The highest BCUT2D eigenvalue weighted by Crippen LogP contribution is 2.34. The molecule has 7 nitrogen and oxygen atoms in total. The number of amides is 2. The molecule has 1 aliphatic heterocycles.